The lowest BCUT2D eigenvalue weighted by molar-refractivity contribution is -0.148. The Bertz CT molecular complexity index is 585. The van der Waals surface area contributed by atoms with Crippen LogP contribution in [0.5, 0.6) is 0 Å². The van der Waals surface area contributed by atoms with E-state index in [1.807, 2.05) is 12.1 Å². The van der Waals surface area contributed by atoms with Crippen molar-refractivity contribution in [1.29, 1.82) is 0 Å². The summed E-state index contributed by atoms with van der Waals surface area (Å²) in [5, 5.41) is 9.73. The summed E-state index contributed by atoms with van der Waals surface area (Å²) in [4.78, 5) is 36.4. The van der Waals surface area contributed by atoms with Gasteiger partial charge in [0.25, 0.3) is 0 Å². The van der Waals surface area contributed by atoms with E-state index in [9.17, 15) is 14.4 Å². The Balaban J connectivity index is 1.74. The van der Waals surface area contributed by atoms with Crippen molar-refractivity contribution in [2.75, 3.05) is 6.54 Å². The van der Waals surface area contributed by atoms with Crippen molar-refractivity contribution in [2.45, 2.75) is 44.6 Å². The number of amides is 1. The smallest absolute Gasteiger partial charge is 0.326 e. The van der Waals surface area contributed by atoms with E-state index in [-0.39, 0.29) is 24.5 Å². The largest absolute Gasteiger partial charge is 0.480 e. The normalized spacial score (nSPS) is 17.3. The van der Waals surface area contributed by atoms with Crippen LogP contribution < -0.4 is 0 Å². The second kappa shape index (κ2) is 8.11. The maximum absolute atomic E-state index is 12.1. The number of halogens is 1. The molecule has 5 nitrogen and oxygen atoms in total. The van der Waals surface area contributed by atoms with Crippen molar-refractivity contribution in [3.63, 3.8) is 0 Å². The van der Waals surface area contributed by atoms with Gasteiger partial charge in [-0.05, 0) is 37.0 Å². The van der Waals surface area contributed by atoms with E-state index in [1.165, 1.54) is 4.90 Å². The van der Waals surface area contributed by atoms with E-state index in [0.717, 1.165) is 5.56 Å². The van der Waals surface area contributed by atoms with Gasteiger partial charge in [-0.1, -0.05) is 23.7 Å². The number of benzene rings is 1. The summed E-state index contributed by atoms with van der Waals surface area (Å²) < 4.78 is 0. The molecule has 1 fully saturated rings. The Morgan fingerprint density at radius 3 is 2.48 bits per heavy atom. The van der Waals surface area contributed by atoms with Gasteiger partial charge in [0.05, 0.1) is 0 Å². The fourth-order valence-corrected chi connectivity index (χ4v) is 2.90. The number of carboxylic acid groups (broad SMARTS) is 1. The number of hydrogen-bond donors (Lipinski definition) is 1. The van der Waals surface area contributed by atoms with Crippen LogP contribution in [0.3, 0.4) is 0 Å². The number of carbonyl (C=O) groups is 3. The van der Waals surface area contributed by atoms with Gasteiger partial charge in [0.15, 0.2) is 0 Å². The summed E-state index contributed by atoms with van der Waals surface area (Å²) in [6.07, 6.45) is 2.43. The standard InChI is InChI=1S/C17H20ClNO4/c18-13-6-3-12(4-7-13)5-8-14(20)9-10-16(21)19-11-1-2-15(19)17(22)23/h3-4,6-7,15H,1-2,5,8-11H2,(H,22,23)/t15-/m0/s1. The van der Waals surface area contributed by atoms with Gasteiger partial charge >= 0.3 is 5.97 Å². The predicted molar refractivity (Wildman–Crippen MR) is 86.4 cm³/mol. The summed E-state index contributed by atoms with van der Waals surface area (Å²) in [7, 11) is 0. The van der Waals surface area contributed by atoms with Crippen molar-refractivity contribution in [3.8, 4) is 0 Å². The van der Waals surface area contributed by atoms with Crippen molar-refractivity contribution in [3.05, 3.63) is 34.9 Å². The molecule has 0 radical (unpaired) electrons. The molecule has 1 N–H and O–H groups in total. The highest BCUT2D eigenvalue weighted by molar-refractivity contribution is 6.30. The van der Waals surface area contributed by atoms with Gasteiger partial charge in [0.2, 0.25) is 5.91 Å². The third-order valence-electron chi connectivity index (χ3n) is 4.08. The number of carboxylic acids is 1. The van der Waals surface area contributed by atoms with Crippen molar-refractivity contribution in [2.24, 2.45) is 0 Å². The van der Waals surface area contributed by atoms with Crippen LogP contribution >= 0.6 is 11.6 Å². The highest BCUT2D eigenvalue weighted by Crippen LogP contribution is 2.19. The Hall–Kier alpha value is -1.88. The summed E-state index contributed by atoms with van der Waals surface area (Å²) in [5.41, 5.74) is 1.03. The van der Waals surface area contributed by atoms with Crippen LogP contribution in [0.1, 0.15) is 37.7 Å². The zero-order chi connectivity index (χ0) is 16.8. The average Bonchev–Trinajstić information content (AvgIpc) is 3.02. The van der Waals surface area contributed by atoms with Gasteiger partial charge in [0.1, 0.15) is 11.8 Å². The number of nitrogens with zero attached hydrogens (tertiary/aromatic N) is 1. The second-order valence-electron chi connectivity index (χ2n) is 5.75. The molecule has 1 amide bonds. The van der Waals surface area contributed by atoms with E-state index in [0.29, 0.717) is 37.3 Å². The van der Waals surface area contributed by atoms with Crippen LogP contribution in [-0.4, -0.2) is 40.3 Å². The minimum atomic E-state index is -0.968. The molecule has 6 heteroatoms. The molecule has 124 valence electrons. The van der Waals surface area contributed by atoms with Crippen LogP contribution in [0.4, 0.5) is 0 Å². The lowest BCUT2D eigenvalue weighted by Crippen LogP contribution is -2.40. The van der Waals surface area contributed by atoms with Crippen LogP contribution in [0.15, 0.2) is 24.3 Å². The van der Waals surface area contributed by atoms with E-state index in [2.05, 4.69) is 0 Å². The molecule has 1 aliphatic heterocycles. The summed E-state index contributed by atoms with van der Waals surface area (Å²) in [5.74, 6) is -1.20. The molecule has 0 saturated carbocycles. The number of aryl methyl sites for hydroxylation is 1. The summed E-state index contributed by atoms with van der Waals surface area (Å²) in [6.45, 7) is 0.467. The number of carbonyl (C=O) groups excluding carboxylic acids is 2. The van der Waals surface area contributed by atoms with Crippen LogP contribution in [-0.2, 0) is 20.8 Å². The Morgan fingerprint density at radius 2 is 1.83 bits per heavy atom. The van der Waals surface area contributed by atoms with Crippen molar-refractivity contribution in [1.82, 2.24) is 4.90 Å². The number of likely N-dealkylation sites (tertiary alicyclic amines) is 1. The van der Waals surface area contributed by atoms with Crippen molar-refractivity contribution < 1.29 is 19.5 Å². The molecule has 0 aromatic heterocycles. The molecular formula is C17H20ClNO4. The number of Topliss-reactive ketones (excluding diaryl/α,β-unsaturated/α-hetero) is 1. The zero-order valence-electron chi connectivity index (χ0n) is 12.8. The minimum Gasteiger partial charge on any atom is -0.480 e. The Kier molecular flexibility index (Phi) is 6.16. The van der Waals surface area contributed by atoms with Gasteiger partial charge in [-0.2, -0.15) is 0 Å². The molecule has 0 aliphatic carbocycles. The molecule has 0 unspecified atom stereocenters. The molecule has 0 spiro atoms. The summed E-state index contributed by atoms with van der Waals surface area (Å²) >= 11 is 5.80. The SMILES string of the molecule is O=C(CCC(=O)N1CCC[C@H]1C(=O)O)CCc1ccc(Cl)cc1. The molecule has 23 heavy (non-hydrogen) atoms. The molecule has 1 aromatic carbocycles. The first-order chi connectivity index (χ1) is 11.0. The van der Waals surface area contributed by atoms with Gasteiger partial charge in [-0.15, -0.1) is 0 Å². The van der Waals surface area contributed by atoms with Crippen LogP contribution in [0.2, 0.25) is 5.02 Å². The molecule has 1 atom stereocenters. The number of aliphatic carboxylic acids is 1. The minimum absolute atomic E-state index is 0.0133. The molecule has 1 saturated heterocycles. The molecule has 1 aliphatic rings. The summed E-state index contributed by atoms with van der Waals surface area (Å²) in [6, 6.07) is 6.59. The van der Waals surface area contributed by atoms with E-state index in [1.54, 1.807) is 12.1 Å². The molecule has 0 bridgehead atoms. The predicted octanol–water partition coefficient (Wildman–Crippen LogP) is 2.70. The Labute approximate surface area is 140 Å². The number of ketones is 1. The third kappa shape index (κ3) is 5.06. The fraction of sp³-hybridized carbons (Fsp3) is 0.471. The van der Waals surface area contributed by atoms with Gasteiger partial charge in [-0.25, -0.2) is 4.79 Å². The van der Waals surface area contributed by atoms with Gasteiger partial charge in [0, 0.05) is 30.8 Å². The monoisotopic (exact) mass is 337 g/mol. The molecule has 2 rings (SSSR count). The highest BCUT2D eigenvalue weighted by atomic mass is 35.5. The zero-order valence-corrected chi connectivity index (χ0v) is 13.6. The highest BCUT2D eigenvalue weighted by Gasteiger charge is 2.33. The maximum Gasteiger partial charge on any atom is 0.326 e. The molecular weight excluding hydrogens is 318 g/mol. The topological polar surface area (TPSA) is 74.7 Å². The lowest BCUT2D eigenvalue weighted by Gasteiger charge is -2.21. The Morgan fingerprint density at radius 1 is 1.13 bits per heavy atom. The van der Waals surface area contributed by atoms with E-state index < -0.39 is 12.0 Å². The first-order valence-corrected chi connectivity index (χ1v) is 8.13. The second-order valence-corrected chi connectivity index (χ2v) is 6.18. The first kappa shape index (κ1) is 17.5. The molecule has 1 heterocycles. The number of rotatable bonds is 7. The average molecular weight is 338 g/mol. The van der Waals surface area contributed by atoms with E-state index in [4.69, 9.17) is 16.7 Å². The third-order valence-corrected chi connectivity index (χ3v) is 4.33. The van der Waals surface area contributed by atoms with Gasteiger partial charge < -0.3 is 10.0 Å². The van der Waals surface area contributed by atoms with Crippen LogP contribution in [0.25, 0.3) is 0 Å². The van der Waals surface area contributed by atoms with Crippen molar-refractivity contribution >= 4 is 29.3 Å². The first-order valence-electron chi connectivity index (χ1n) is 7.76. The lowest BCUT2D eigenvalue weighted by atomic mass is 10.0. The number of hydrogen-bond acceptors (Lipinski definition) is 3. The van der Waals surface area contributed by atoms with Crippen LogP contribution in [0, 0.1) is 0 Å². The fourth-order valence-electron chi connectivity index (χ4n) is 2.77. The quantitative estimate of drug-likeness (QED) is 0.830. The van der Waals surface area contributed by atoms with Gasteiger partial charge in [-0.3, -0.25) is 9.59 Å². The van der Waals surface area contributed by atoms with E-state index >= 15 is 0 Å². The molecule has 1 aromatic rings. The maximum atomic E-state index is 12.1.